The first-order valence-corrected chi connectivity index (χ1v) is 9.77. The van der Waals surface area contributed by atoms with Crippen LogP contribution in [0.4, 0.5) is 0 Å². The van der Waals surface area contributed by atoms with Crippen LogP contribution in [0.5, 0.6) is 0 Å². The van der Waals surface area contributed by atoms with Crippen molar-refractivity contribution >= 4 is 0 Å². The van der Waals surface area contributed by atoms with Crippen LogP contribution >= 0.6 is 0 Å². The summed E-state index contributed by atoms with van der Waals surface area (Å²) in [5, 5.41) is 3.80. The summed E-state index contributed by atoms with van der Waals surface area (Å²) in [6.07, 6.45) is 16.2. The van der Waals surface area contributed by atoms with Gasteiger partial charge in [0, 0.05) is 12.6 Å². The normalized spacial score (nSPS) is 33.6. The highest BCUT2D eigenvalue weighted by Gasteiger charge is 2.36. The highest BCUT2D eigenvalue weighted by atomic mass is 15.1. The quantitative estimate of drug-likeness (QED) is 0.817. The third-order valence-corrected chi connectivity index (χ3v) is 6.64. The predicted octanol–water partition coefficient (Wildman–Crippen LogP) is 4.20. The van der Waals surface area contributed by atoms with Gasteiger partial charge in [0.15, 0.2) is 0 Å². The molecular weight excluding hydrogens is 256 g/mol. The number of hydrogen-bond acceptors (Lipinski definition) is 2. The fraction of sp³-hybridized carbons (Fsp3) is 1.00. The van der Waals surface area contributed by atoms with Crippen LogP contribution in [-0.4, -0.2) is 37.1 Å². The molecule has 2 unspecified atom stereocenters. The van der Waals surface area contributed by atoms with Crippen LogP contribution < -0.4 is 5.32 Å². The lowest BCUT2D eigenvalue weighted by molar-refractivity contribution is 0.0579. The zero-order valence-electron chi connectivity index (χ0n) is 14.2. The van der Waals surface area contributed by atoms with Gasteiger partial charge in [-0.25, -0.2) is 0 Å². The Morgan fingerprint density at radius 3 is 2.43 bits per heavy atom. The van der Waals surface area contributed by atoms with Crippen LogP contribution in [0.25, 0.3) is 0 Å². The van der Waals surface area contributed by atoms with E-state index in [0.717, 1.165) is 17.4 Å². The van der Waals surface area contributed by atoms with Gasteiger partial charge < -0.3 is 10.2 Å². The van der Waals surface area contributed by atoms with E-state index in [0.29, 0.717) is 0 Å². The number of likely N-dealkylation sites (tertiary alicyclic amines) is 1. The van der Waals surface area contributed by atoms with Gasteiger partial charge in [-0.1, -0.05) is 32.6 Å². The van der Waals surface area contributed by atoms with Gasteiger partial charge in [0.25, 0.3) is 0 Å². The summed E-state index contributed by atoms with van der Waals surface area (Å²) in [4.78, 5) is 2.80. The van der Waals surface area contributed by atoms with E-state index in [9.17, 15) is 0 Å². The van der Waals surface area contributed by atoms with Crippen molar-refractivity contribution in [3.05, 3.63) is 0 Å². The maximum absolute atomic E-state index is 3.80. The molecule has 2 saturated carbocycles. The van der Waals surface area contributed by atoms with Gasteiger partial charge in [-0.2, -0.15) is 0 Å². The van der Waals surface area contributed by atoms with Crippen molar-refractivity contribution in [2.45, 2.75) is 83.6 Å². The van der Waals surface area contributed by atoms with Gasteiger partial charge in [-0.15, -0.1) is 0 Å². The van der Waals surface area contributed by atoms with Crippen LogP contribution in [0.15, 0.2) is 0 Å². The molecular formula is C19H36N2. The minimum atomic E-state index is 0.768. The van der Waals surface area contributed by atoms with Crippen LogP contribution in [-0.2, 0) is 0 Å². The van der Waals surface area contributed by atoms with Gasteiger partial charge in [0.1, 0.15) is 0 Å². The maximum atomic E-state index is 3.80. The van der Waals surface area contributed by atoms with E-state index in [1.165, 1.54) is 96.8 Å². The standard InChI is InChI=1S/C19H36N2/c1-2-13-20-18-8-6-7-17(18)16-21-14-11-19(12-15-21)9-4-3-5-10-19/h17-18,20H,2-16H2,1H3. The third-order valence-electron chi connectivity index (χ3n) is 6.64. The average Bonchev–Trinajstić information content (AvgIpc) is 2.96. The van der Waals surface area contributed by atoms with Crippen LogP contribution in [0.3, 0.4) is 0 Å². The minimum Gasteiger partial charge on any atom is -0.314 e. The molecule has 0 aromatic carbocycles. The first-order valence-electron chi connectivity index (χ1n) is 9.77. The Kier molecular flexibility index (Phi) is 5.61. The summed E-state index contributed by atoms with van der Waals surface area (Å²) in [6.45, 7) is 7.64. The predicted molar refractivity (Wildman–Crippen MR) is 90.6 cm³/mol. The highest BCUT2D eigenvalue weighted by molar-refractivity contribution is 4.91. The second kappa shape index (κ2) is 7.46. The van der Waals surface area contributed by atoms with Gasteiger partial charge in [-0.05, 0) is 75.9 Å². The molecule has 0 aromatic heterocycles. The fourth-order valence-corrected chi connectivity index (χ4v) is 5.20. The lowest BCUT2D eigenvalue weighted by atomic mass is 9.68. The molecule has 0 aromatic rings. The van der Waals surface area contributed by atoms with Crippen molar-refractivity contribution in [1.82, 2.24) is 10.2 Å². The summed E-state index contributed by atoms with van der Waals surface area (Å²) < 4.78 is 0. The smallest absolute Gasteiger partial charge is 0.0107 e. The molecule has 2 heteroatoms. The monoisotopic (exact) mass is 292 g/mol. The highest BCUT2D eigenvalue weighted by Crippen LogP contribution is 2.44. The first-order chi connectivity index (χ1) is 10.3. The van der Waals surface area contributed by atoms with E-state index in [4.69, 9.17) is 0 Å². The molecule has 21 heavy (non-hydrogen) atoms. The third kappa shape index (κ3) is 4.01. The van der Waals surface area contributed by atoms with Crippen molar-refractivity contribution in [2.24, 2.45) is 11.3 Å². The number of hydrogen-bond donors (Lipinski definition) is 1. The van der Waals surface area contributed by atoms with Gasteiger partial charge in [0.05, 0.1) is 0 Å². The number of piperidine rings is 1. The molecule has 2 nitrogen and oxygen atoms in total. The van der Waals surface area contributed by atoms with Crippen LogP contribution in [0.1, 0.15) is 77.6 Å². The number of rotatable bonds is 5. The second-order valence-electron chi connectivity index (χ2n) is 8.11. The Morgan fingerprint density at radius 2 is 1.71 bits per heavy atom. The molecule has 1 N–H and O–H groups in total. The lowest BCUT2D eigenvalue weighted by Crippen LogP contribution is -2.45. The van der Waals surface area contributed by atoms with E-state index < -0.39 is 0 Å². The zero-order valence-corrected chi connectivity index (χ0v) is 14.2. The largest absolute Gasteiger partial charge is 0.314 e. The van der Waals surface area contributed by atoms with Crippen molar-refractivity contribution in [3.63, 3.8) is 0 Å². The molecule has 1 heterocycles. The lowest BCUT2D eigenvalue weighted by Gasteiger charge is -2.45. The molecule has 1 spiro atoms. The summed E-state index contributed by atoms with van der Waals surface area (Å²) in [7, 11) is 0. The molecule has 1 aliphatic heterocycles. The zero-order chi connectivity index (χ0) is 14.5. The SMILES string of the molecule is CCCNC1CCCC1CN1CCC2(CCCCC2)CC1. The summed E-state index contributed by atoms with van der Waals surface area (Å²) in [5.74, 6) is 0.928. The summed E-state index contributed by atoms with van der Waals surface area (Å²) in [5.41, 5.74) is 0.768. The van der Waals surface area contributed by atoms with E-state index in [2.05, 4.69) is 17.1 Å². The topological polar surface area (TPSA) is 15.3 Å². The molecule has 3 aliphatic rings. The Labute approximate surface area is 132 Å². The molecule has 1 saturated heterocycles. The summed E-state index contributed by atoms with van der Waals surface area (Å²) in [6, 6.07) is 0.815. The molecule has 0 amide bonds. The molecule has 2 atom stereocenters. The molecule has 2 aliphatic carbocycles. The van der Waals surface area contributed by atoms with E-state index in [-0.39, 0.29) is 0 Å². The first kappa shape index (κ1) is 15.8. The number of nitrogens with zero attached hydrogens (tertiary/aromatic N) is 1. The Morgan fingerprint density at radius 1 is 0.952 bits per heavy atom. The maximum Gasteiger partial charge on any atom is 0.0107 e. The minimum absolute atomic E-state index is 0.768. The van der Waals surface area contributed by atoms with E-state index >= 15 is 0 Å². The van der Waals surface area contributed by atoms with E-state index in [1.807, 2.05) is 0 Å². The van der Waals surface area contributed by atoms with Gasteiger partial charge in [0.2, 0.25) is 0 Å². The van der Waals surface area contributed by atoms with Crippen molar-refractivity contribution in [2.75, 3.05) is 26.2 Å². The molecule has 3 fully saturated rings. The van der Waals surface area contributed by atoms with Crippen molar-refractivity contribution in [3.8, 4) is 0 Å². The fourth-order valence-electron chi connectivity index (χ4n) is 5.20. The van der Waals surface area contributed by atoms with E-state index in [1.54, 1.807) is 0 Å². The van der Waals surface area contributed by atoms with Crippen LogP contribution in [0, 0.1) is 11.3 Å². The average molecular weight is 293 g/mol. The Balaban J connectivity index is 1.44. The number of nitrogens with one attached hydrogen (secondary N) is 1. The van der Waals surface area contributed by atoms with Crippen LogP contribution in [0.2, 0.25) is 0 Å². The van der Waals surface area contributed by atoms with Gasteiger partial charge >= 0.3 is 0 Å². The van der Waals surface area contributed by atoms with Gasteiger partial charge in [-0.3, -0.25) is 0 Å². The van der Waals surface area contributed by atoms with Crippen molar-refractivity contribution < 1.29 is 0 Å². The molecule has 0 bridgehead atoms. The molecule has 122 valence electrons. The summed E-state index contributed by atoms with van der Waals surface area (Å²) >= 11 is 0. The Bertz CT molecular complexity index is 299. The molecule has 3 rings (SSSR count). The van der Waals surface area contributed by atoms with Crippen molar-refractivity contribution in [1.29, 1.82) is 0 Å². The second-order valence-corrected chi connectivity index (χ2v) is 8.11. The molecule has 0 radical (unpaired) electrons. The Hall–Kier alpha value is -0.0800.